The summed E-state index contributed by atoms with van der Waals surface area (Å²) in [6.07, 6.45) is -4.62. The number of hydrogen-bond acceptors (Lipinski definition) is 1. The van der Waals surface area contributed by atoms with Gasteiger partial charge in [-0.05, 0) is 18.2 Å². The summed E-state index contributed by atoms with van der Waals surface area (Å²) < 4.78 is 49.6. The third-order valence-corrected chi connectivity index (χ3v) is 1.93. The fraction of sp³-hybridized carbons (Fsp3) is 0.222. The van der Waals surface area contributed by atoms with Crippen molar-refractivity contribution >= 4 is 23.2 Å². The summed E-state index contributed by atoms with van der Waals surface area (Å²) in [4.78, 5) is 10.8. The van der Waals surface area contributed by atoms with Gasteiger partial charge in [-0.25, -0.2) is 4.39 Å². The summed E-state index contributed by atoms with van der Waals surface area (Å²) in [7, 11) is 0. The second kappa shape index (κ2) is 4.69. The van der Waals surface area contributed by atoms with Gasteiger partial charge in [0.15, 0.2) is 0 Å². The molecule has 88 valence electrons. The molecule has 1 amide bonds. The zero-order valence-electron chi connectivity index (χ0n) is 7.74. The SMILES string of the molecule is O=C(CCl)Nc1ccc(C(F)(F)F)cc1F. The predicted octanol–water partition coefficient (Wildman–Crippen LogP) is 3.02. The molecule has 0 atom stereocenters. The fourth-order valence-electron chi connectivity index (χ4n) is 0.976. The van der Waals surface area contributed by atoms with Crippen molar-refractivity contribution in [3.05, 3.63) is 29.6 Å². The highest BCUT2D eigenvalue weighted by molar-refractivity contribution is 6.29. The highest BCUT2D eigenvalue weighted by atomic mass is 35.5. The number of carbonyl (C=O) groups is 1. The standard InChI is InChI=1S/C9H6ClF4NO/c10-4-8(16)15-7-2-1-5(3-6(7)11)9(12,13)14/h1-3H,4H2,(H,15,16). The molecule has 0 aliphatic carbocycles. The number of hydrogen-bond donors (Lipinski definition) is 1. The van der Waals surface area contributed by atoms with Crippen LogP contribution < -0.4 is 5.32 Å². The van der Waals surface area contributed by atoms with Gasteiger partial charge in [0.05, 0.1) is 11.3 Å². The number of rotatable bonds is 2. The molecule has 7 heteroatoms. The van der Waals surface area contributed by atoms with E-state index in [0.717, 1.165) is 6.07 Å². The summed E-state index contributed by atoms with van der Waals surface area (Å²) in [6, 6.07) is 1.82. The van der Waals surface area contributed by atoms with Crippen LogP contribution in [0.25, 0.3) is 0 Å². The van der Waals surface area contributed by atoms with Crippen LogP contribution in [0.1, 0.15) is 5.56 Å². The Kier molecular flexibility index (Phi) is 3.74. The summed E-state index contributed by atoms with van der Waals surface area (Å²) in [5.74, 6) is -2.26. The van der Waals surface area contributed by atoms with Crippen LogP contribution in [-0.2, 0) is 11.0 Å². The van der Waals surface area contributed by atoms with Crippen LogP contribution in [0, 0.1) is 5.82 Å². The minimum absolute atomic E-state index is 0.309. The van der Waals surface area contributed by atoms with Gasteiger partial charge in [0.1, 0.15) is 11.7 Å². The Morgan fingerprint density at radius 3 is 2.44 bits per heavy atom. The van der Waals surface area contributed by atoms with E-state index in [1.807, 2.05) is 5.32 Å². The van der Waals surface area contributed by atoms with Crippen LogP contribution in [0.4, 0.5) is 23.2 Å². The third kappa shape index (κ3) is 3.10. The van der Waals surface area contributed by atoms with Crippen molar-refractivity contribution in [1.29, 1.82) is 0 Å². The first-order chi connectivity index (χ1) is 7.34. The van der Waals surface area contributed by atoms with E-state index in [9.17, 15) is 22.4 Å². The fourth-order valence-corrected chi connectivity index (χ4v) is 1.04. The van der Waals surface area contributed by atoms with Crippen LogP contribution in [0.15, 0.2) is 18.2 Å². The molecule has 0 radical (unpaired) electrons. The van der Waals surface area contributed by atoms with Crippen molar-refractivity contribution < 1.29 is 22.4 Å². The highest BCUT2D eigenvalue weighted by Gasteiger charge is 2.31. The average molecular weight is 256 g/mol. The van der Waals surface area contributed by atoms with E-state index in [-0.39, 0.29) is 5.69 Å². The lowest BCUT2D eigenvalue weighted by Gasteiger charge is -2.09. The molecule has 1 aromatic rings. The predicted molar refractivity (Wildman–Crippen MR) is 50.8 cm³/mol. The first-order valence-corrected chi connectivity index (χ1v) is 4.60. The molecule has 0 aliphatic heterocycles. The first-order valence-electron chi connectivity index (χ1n) is 4.07. The zero-order chi connectivity index (χ0) is 12.3. The summed E-state index contributed by atoms with van der Waals surface area (Å²) in [6.45, 7) is 0. The van der Waals surface area contributed by atoms with Gasteiger partial charge in [0.2, 0.25) is 5.91 Å². The minimum Gasteiger partial charge on any atom is -0.323 e. The Morgan fingerprint density at radius 2 is 2.00 bits per heavy atom. The quantitative estimate of drug-likeness (QED) is 0.639. The van der Waals surface area contributed by atoms with Crippen molar-refractivity contribution in [3.63, 3.8) is 0 Å². The summed E-state index contributed by atoms with van der Waals surface area (Å²) in [5, 5.41) is 2.03. The van der Waals surface area contributed by atoms with Gasteiger partial charge in [0.25, 0.3) is 0 Å². The molecule has 0 aromatic heterocycles. The Bertz CT molecular complexity index is 405. The molecule has 1 aromatic carbocycles. The second-order valence-corrected chi connectivity index (χ2v) is 3.14. The second-order valence-electron chi connectivity index (χ2n) is 2.87. The van der Waals surface area contributed by atoms with Crippen LogP contribution in [-0.4, -0.2) is 11.8 Å². The monoisotopic (exact) mass is 255 g/mol. The number of carbonyl (C=O) groups excluding carboxylic acids is 1. The smallest absolute Gasteiger partial charge is 0.323 e. The third-order valence-electron chi connectivity index (χ3n) is 1.69. The number of anilines is 1. The molecule has 1 rings (SSSR count). The molecular weight excluding hydrogens is 250 g/mol. The normalized spacial score (nSPS) is 11.3. The lowest BCUT2D eigenvalue weighted by molar-refractivity contribution is -0.137. The molecular formula is C9H6ClF4NO. The van der Waals surface area contributed by atoms with Crippen LogP contribution in [0.2, 0.25) is 0 Å². The lowest BCUT2D eigenvalue weighted by Crippen LogP contribution is -2.14. The van der Waals surface area contributed by atoms with E-state index in [1.165, 1.54) is 0 Å². The maximum Gasteiger partial charge on any atom is 0.416 e. The van der Waals surface area contributed by atoms with Gasteiger partial charge in [-0.2, -0.15) is 13.2 Å². The van der Waals surface area contributed by atoms with Gasteiger partial charge in [-0.3, -0.25) is 4.79 Å². The minimum atomic E-state index is -4.62. The van der Waals surface area contributed by atoms with Crippen LogP contribution in [0.5, 0.6) is 0 Å². The Labute approximate surface area is 93.2 Å². The van der Waals surface area contributed by atoms with E-state index in [2.05, 4.69) is 0 Å². The largest absolute Gasteiger partial charge is 0.416 e. The lowest BCUT2D eigenvalue weighted by atomic mass is 10.2. The number of halogens is 5. The van der Waals surface area contributed by atoms with E-state index in [0.29, 0.717) is 12.1 Å². The Balaban J connectivity index is 2.96. The maximum atomic E-state index is 13.1. The topological polar surface area (TPSA) is 29.1 Å². The molecule has 0 fully saturated rings. The van der Waals surface area contributed by atoms with E-state index >= 15 is 0 Å². The molecule has 0 spiro atoms. The van der Waals surface area contributed by atoms with E-state index in [4.69, 9.17) is 11.6 Å². The number of benzene rings is 1. The molecule has 16 heavy (non-hydrogen) atoms. The molecule has 0 bridgehead atoms. The molecule has 0 heterocycles. The molecule has 0 unspecified atom stereocenters. The summed E-state index contributed by atoms with van der Waals surface area (Å²) >= 11 is 5.14. The molecule has 0 saturated carbocycles. The molecule has 0 saturated heterocycles. The van der Waals surface area contributed by atoms with Gasteiger partial charge in [-0.15, -0.1) is 11.6 Å². The van der Waals surface area contributed by atoms with Crippen molar-refractivity contribution in [1.82, 2.24) is 0 Å². The van der Waals surface area contributed by atoms with Gasteiger partial charge < -0.3 is 5.32 Å². The van der Waals surface area contributed by atoms with Crippen molar-refractivity contribution in [2.45, 2.75) is 6.18 Å². The van der Waals surface area contributed by atoms with Gasteiger partial charge >= 0.3 is 6.18 Å². The van der Waals surface area contributed by atoms with E-state index in [1.54, 1.807) is 0 Å². The first kappa shape index (κ1) is 12.8. The van der Waals surface area contributed by atoms with Gasteiger partial charge in [0, 0.05) is 0 Å². The number of amides is 1. The zero-order valence-corrected chi connectivity index (χ0v) is 8.49. The number of alkyl halides is 4. The molecule has 1 N–H and O–H groups in total. The van der Waals surface area contributed by atoms with Crippen molar-refractivity contribution in [3.8, 4) is 0 Å². The van der Waals surface area contributed by atoms with Crippen molar-refractivity contribution in [2.75, 3.05) is 11.2 Å². The Hall–Kier alpha value is -1.30. The van der Waals surface area contributed by atoms with Crippen LogP contribution in [0.3, 0.4) is 0 Å². The highest BCUT2D eigenvalue weighted by Crippen LogP contribution is 2.31. The van der Waals surface area contributed by atoms with E-state index < -0.39 is 29.3 Å². The van der Waals surface area contributed by atoms with Crippen LogP contribution >= 0.6 is 11.6 Å². The average Bonchev–Trinajstić information content (AvgIpc) is 2.19. The van der Waals surface area contributed by atoms with Crippen molar-refractivity contribution in [2.24, 2.45) is 0 Å². The maximum absolute atomic E-state index is 13.1. The molecule has 2 nitrogen and oxygen atoms in total. The van der Waals surface area contributed by atoms with Gasteiger partial charge in [-0.1, -0.05) is 0 Å². The molecule has 0 aliphatic rings. The summed E-state index contributed by atoms with van der Waals surface area (Å²) in [5.41, 5.74) is -1.45. The number of nitrogens with one attached hydrogen (secondary N) is 1. The Morgan fingerprint density at radius 1 is 1.38 bits per heavy atom.